The smallest absolute Gasteiger partial charge is 0.333 e. The topological polar surface area (TPSA) is 146 Å². The number of nitrogens with one attached hydrogen (secondary N) is 1. The Morgan fingerprint density at radius 3 is 2.35 bits per heavy atom. The summed E-state index contributed by atoms with van der Waals surface area (Å²) >= 11 is 0. The fourth-order valence-corrected chi connectivity index (χ4v) is 2.18. The molecule has 17 heavy (non-hydrogen) atoms. The summed E-state index contributed by atoms with van der Waals surface area (Å²) in [5.41, 5.74) is 0. The van der Waals surface area contributed by atoms with Gasteiger partial charge in [-0.3, -0.25) is 4.55 Å². The summed E-state index contributed by atoms with van der Waals surface area (Å²) in [5.74, 6) is 0. The third kappa shape index (κ3) is 3.56. The second-order valence-corrected chi connectivity index (χ2v) is 4.75. The van der Waals surface area contributed by atoms with E-state index < -0.39 is 47.6 Å². The van der Waals surface area contributed by atoms with Gasteiger partial charge >= 0.3 is 10.3 Å². The van der Waals surface area contributed by atoms with Gasteiger partial charge in [0.25, 0.3) is 0 Å². The van der Waals surface area contributed by atoms with Gasteiger partial charge in [-0.05, 0) is 0 Å². The predicted octanol–water partition coefficient (Wildman–Crippen LogP) is -3.17. The molecule has 0 aliphatic carbocycles. The number of hydrogen-bond donors (Lipinski definition) is 5. The van der Waals surface area contributed by atoms with Crippen LogP contribution in [0, 0.1) is 0 Å². The lowest BCUT2D eigenvalue weighted by Crippen LogP contribution is -2.64. The van der Waals surface area contributed by atoms with Crippen molar-refractivity contribution in [2.45, 2.75) is 30.6 Å². The van der Waals surface area contributed by atoms with Crippen molar-refractivity contribution >= 4 is 10.3 Å². The first-order chi connectivity index (χ1) is 7.80. The van der Waals surface area contributed by atoms with Gasteiger partial charge in [0, 0.05) is 7.11 Å². The van der Waals surface area contributed by atoms with E-state index in [1.54, 1.807) is 4.72 Å². The molecule has 0 saturated carbocycles. The Morgan fingerprint density at radius 1 is 1.35 bits per heavy atom. The summed E-state index contributed by atoms with van der Waals surface area (Å²) in [5, 5.41) is 28.0. The minimum atomic E-state index is -4.59. The Morgan fingerprint density at radius 2 is 1.94 bits per heavy atom. The molecular formula is C7H15NO8S. The van der Waals surface area contributed by atoms with E-state index in [1.165, 1.54) is 7.11 Å². The lowest BCUT2D eigenvalue weighted by Gasteiger charge is -2.41. The molecule has 0 amide bonds. The fraction of sp³-hybridized carbons (Fsp3) is 1.00. The highest BCUT2D eigenvalue weighted by atomic mass is 32.2. The molecule has 0 aromatic heterocycles. The Balaban J connectivity index is 2.87. The van der Waals surface area contributed by atoms with E-state index in [9.17, 15) is 18.6 Å². The van der Waals surface area contributed by atoms with Gasteiger partial charge in [0.15, 0.2) is 6.29 Å². The van der Waals surface area contributed by atoms with E-state index in [0.717, 1.165) is 0 Å². The van der Waals surface area contributed by atoms with Gasteiger partial charge in [-0.15, -0.1) is 0 Å². The maximum absolute atomic E-state index is 10.7. The minimum Gasteiger partial charge on any atom is -0.394 e. The summed E-state index contributed by atoms with van der Waals surface area (Å²) in [6, 6.07) is -1.38. The minimum absolute atomic E-state index is 0.573. The predicted molar refractivity (Wildman–Crippen MR) is 53.2 cm³/mol. The van der Waals surface area contributed by atoms with Crippen LogP contribution in [0.4, 0.5) is 0 Å². The number of aliphatic hydroxyl groups excluding tert-OH is 3. The first-order valence-corrected chi connectivity index (χ1v) is 6.14. The van der Waals surface area contributed by atoms with Crippen LogP contribution in [0.5, 0.6) is 0 Å². The van der Waals surface area contributed by atoms with Crippen LogP contribution in [0.2, 0.25) is 0 Å². The summed E-state index contributed by atoms with van der Waals surface area (Å²) in [6.45, 7) is -0.573. The molecule has 0 unspecified atom stereocenters. The van der Waals surface area contributed by atoms with Crippen LogP contribution in [0.25, 0.3) is 0 Å². The summed E-state index contributed by atoms with van der Waals surface area (Å²) < 4.78 is 41.4. The average Bonchev–Trinajstić information content (AvgIpc) is 2.24. The number of rotatable bonds is 4. The van der Waals surface area contributed by atoms with Crippen molar-refractivity contribution in [2.24, 2.45) is 0 Å². The molecule has 10 heteroatoms. The highest BCUT2D eigenvalue weighted by Gasteiger charge is 2.45. The molecule has 9 nitrogen and oxygen atoms in total. The van der Waals surface area contributed by atoms with Crippen molar-refractivity contribution in [3.63, 3.8) is 0 Å². The van der Waals surface area contributed by atoms with Crippen molar-refractivity contribution < 1.29 is 37.8 Å². The van der Waals surface area contributed by atoms with E-state index in [-0.39, 0.29) is 0 Å². The molecule has 1 aliphatic heterocycles. The summed E-state index contributed by atoms with van der Waals surface area (Å²) in [4.78, 5) is 0. The van der Waals surface area contributed by atoms with E-state index in [0.29, 0.717) is 0 Å². The molecule has 1 saturated heterocycles. The van der Waals surface area contributed by atoms with Crippen LogP contribution in [-0.2, 0) is 19.8 Å². The quantitative estimate of drug-likeness (QED) is 0.337. The molecule has 1 aliphatic rings. The Hall–Kier alpha value is -0.330. The third-order valence-electron chi connectivity index (χ3n) is 2.40. The highest BCUT2D eigenvalue weighted by Crippen LogP contribution is 2.21. The number of ether oxygens (including phenoxy) is 2. The van der Waals surface area contributed by atoms with Crippen molar-refractivity contribution in [3.8, 4) is 0 Å². The Kier molecular flexibility index (Phi) is 4.80. The molecule has 1 fully saturated rings. The lowest BCUT2D eigenvalue weighted by molar-refractivity contribution is -0.260. The standard InChI is InChI=1S/C7H15NO8S/c1-15-7-4(8-17(12,13)14)6(11)5(10)3(2-9)16-7/h3-11H,2H2,1H3,(H,12,13,14)/t3-,4-,5-,6-,7-/m1/s1. The van der Waals surface area contributed by atoms with E-state index in [1.807, 2.05) is 0 Å². The number of methoxy groups -OCH3 is 1. The molecule has 0 spiro atoms. The zero-order chi connectivity index (χ0) is 13.2. The largest absolute Gasteiger partial charge is 0.394 e. The van der Waals surface area contributed by atoms with Crippen molar-refractivity contribution in [1.29, 1.82) is 0 Å². The molecule has 5 N–H and O–H groups in total. The van der Waals surface area contributed by atoms with Gasteiger partial charge in [-0.25, -0.2) is 0 Å². The SMILES string of the molecule is CO[C@@H]1O[C@H](CO)[C@@H](O)[C@H](O)[C@H]1NS(=O)(=O)O. The van der Waals surface area contributed by atoms with E-state index in [2.05, 4.69) is 0 Å². The molecular weight excluding hydrogens is 258 g/mol. The van der Waals surface area contributed by atoms with Crippen LogP contribution >= 0.6 is 0 Å². The van der Waals surface area contributed by atoms with Gasteiger partial charge in [-0.1, -0.05) is 0 Å². The first-order valence-electron chi connectivity index (χ1n) is 4.70. The molecule has 1 heterocycles. The van der Waals surface area contributed by atoms with Crippen LogP contribution < -0.4 is 4.72 Å². The summed E-state index contributed by atoms with van der Waals surface area (Å²) in [6.07, 6.45) is -5.44. The molecule has 0 radical (unpaired) electrons. The van der Waals surface area contributed by atoms with Crippen LogP contribution in [0.1, 0.15) is 0 Å². The molecule has 0 aromatic rings. The zero-order valence-corrected chi connectivity index (χ0v) is 9.74. The molecule has 5 atom stereocenters. The van der Waals surface area contributed by atoms with Gasteiger partial charge in [0.1, 0.15) is 24.4 Å². The van der Waals surface area contributed by atoms with Crippen LogP contribution in [0.15, 0.2) is 0 Å². The fourth-order valence-electron chi connectivity index (χ4n) is 1.58. The van der Waals surface area contributed by atoms with Crippen molar-refractivity contribution in [3.05, 3.63) is 0 Å². The normalized spacial score (nSPS) is 39.2. The Labute approximate surface area is 97.8 Å². The second kappa shape index (κ2) is 5.54. The van der Waals surface area contributed by atoms with E-state index in [4.69, 9.17) is 19.1 Å². The van der Waals surface area contributed by atoms with Crippen molar-refractivity contribution in [2.75, 3.05) is 13.7 Å². The molecule has 102 valence electrons. The maximum atomic E-state index is 10.7. The van der Waals surface area contributed by atoms with Gasteiger partial charge in [0.05, 0.1) is 6.61 Å². The molecule has 0 bridgehead atoms. The second-order valence-electron chi connectivity index (χ2n) is 3.56. The van der Waals surface area contributed by atoms with Gasteiger partial charge in [-0.2, -0.15) is 13.1 Å². The monoisotopic (exact) mass is 273 g/mol. The Bertz CT molecular complexity index is 344. The van der Waals surface area contributed by atoms with Gasteiger partial charge < -0.3 is 24.8 Å². The third-order valence-corrected chi connectivity index (χ3v) is 2.97. The highest BCUT2D eigenvalue weighted by molar-refractivity contribution is 7.83. The number of hydrogen-bond acceptors (Lipinski definition) is 7. The van der Waals surface area contributed by atoms with Gasteiger partial charge in [0.2, 0.25) is 0 Å². The lowest BCUT2D eigenvalue weighted by atomic mass is 9.98. The van der Waals surface area contributed by atoms with E-state index >= 15 is 0 Å². The van der Waals surface area contributed by atoms with Crippen molar-refractivity contribution in [1.82, 2.24) is 4.72 Å². The first kappa shape index (κ1) is 14.7. The maximum Gasteiger partial charge on any atom is 0.333 e. The number of aliphatic hydroxyl groups is 3. The molecule has 0 aromatic carbocycles. The molecule has 1 rings (SSSR count). The average molecular weight is 273 g/mol. The zero-order valence-electron chi connectivity index (χ0n) is 8.92. The summed E-state index contributed by atoms with van der Waals surface area (Å²) in [7, 11) is -3.41. The van der Waals surface area contributed by atoms with Crippen LogP contribution in [0.3, 0.4) is 0 Å². The van der Waals surface area contributed by atoms with Crippen LogP contribution in [-0.4, -0.2) is 72.7 Å².